The molecule has 108 valence electrons. The zero-order valence-corrected chi connectivity index (χ0v) is 12.0. The fourth-order valence-electron chi connectivity index (χ4n) is 2.48. The summed E-state index contributed by atoms with van der Waals surface area (Å²) in [6.07, 6.45) is 11.4. The summed E-state index contributed by atoms with van der Waals surface area (Å²) < 4.78 is 5.75. The van der Waals surface area contributed by atoms with E-state index >= 15 is 0 Å². The van der Waals surface area contributed by atoms with Crippen LogP contribution in [0.15, 0.2) is 0 Å². The number of nitrogens with one attached hydrogen (secondary N) is 1. The van der Waals surface area contributed by atoms with Crippen molar-refractivity contribution in [3.8, 4) is 0 Å². The van der Waals surface area contributed by atoms with Gasteiger partial charge in [-0.3, -0.25) is 0 Å². The molecule has 1 fully saturated rings. The summed E-state index contributed by atoms with van der Waals surface area (Å²) in [4.78, 5) is 0. The van der Waals surface area contributed by atoms with Crippen LogP contribution in [0.2, 0.25) is 0 Å². The molecule has 0 aromatic rings. The summed E-state index contributed by atoms with van der Waals surface area (Å²) in [5.41, 5.74) is 0. The summed E-state index contributed by atoms with van der Waals surface area (Å²) in [7, 11) is 0. The molecular formula is C15H31NO2. The van der Waals surface area contributed by atoms with Crippen molar-refractivity contribution in [2.75, 3.05) is 19.7 Å². The summed E-state index contributed by atoms with van der Waals surface area (Å²) in [6.45, 7) is 4.39. The Morgan fingerprint density at radius 3 is 2.67 bits per heavy atom. The Morgan fingerprint density at radius 2 is 1.94 bits per heavy atom. The summed E-state index contributed by atoms with van der Waals surface area (Å²) in [5, 5.41) is 13.1. The molecule has 0 aromatic carbocycles. The largest absolute Gasteiger partial charge is 0.389 e. The lowest BCUT2D eigenvalue weighted by Gasteiger charge is -2.23. The smallest absolute Gasteiger partial charge is 0.0897 e. The lowest BCUT2D eigenvalue weighted by molar-refractivity contribution is -0.0229. The number of aliphatic hydroxyl groups is 1. The van der Waals surface area contributed by atoms with Gasteiger partial charge in [-0.1, -0.05) is 45.4 Å². The SMILES string of the molecule is CCCCCCNC[C@@H](O)COC1CCCCC1. The van der Waals surface area contributed by atoms with Crippen LogP contribution in [0.4, 0.5) is 0 Å². The average Bonchev–Trinajstić information content (AvgIpc) is 2.41. The third kappa shape index (κ3) is 8.06. The second-order valence-electron chi connectivity index (χ2n) is 5.51. The van der Waals surface area contributed by atoms with Gasteiger partial charge in [-0.2, -0.15) is 0 Å². The van der Waals surface area contributed by atoms with Gasteiger partial charge < -0.3 is 15.2 Å². The quantitative estimate of drug-likeness (QED) is 0.591. The maximum atomic E-state index is 9.80. The van der Waals surface area contributed by atoms with Crippen molar-refractivity contribution < 1.29 is 9.84 Å². The van der Waals surface area contributed by atoms with Crippen molar-refractivity contribution in [2.24, 2.45) is 0 Å². The predicted molar refractivity (Wildman–Crippen MR) is 75.8 cm³/mol. The number of hydrogen-bond donors (Lipinski definition) is 2. The lowest BCUT2D eigenvalue weighted by atomic mass is 9.98. The molecule has 0 bridgehead atoms. The first-order valence-electron chi connectivity index (χ1n) is 7.83. The Morgan fingerprint density at radius 1 is 1.17 bits per heavy atom. The molecule has 0 aromatic heterocycles. The molecule has 0 spiro atoms. The Kier molecular flexibility index (Phi) is 9.54. The van der Waals surface area contributed by atoms with E-state index < -0.39 is 0 Å². The molecule has 0 heterocycles. The molecule has 2 N–H and O–H groups in total. The number of ether oxygens (including phenoxy) is 1. The molecule has 1 rings (SSSR count). The standard InChI is InChI=1S/C15H31NO2/c1-2-3-4-8-11-16-12-14(17)13-18-15-9-6-5-7-10-15/h14-17H,2-13H2,1H3/t14-/m1/s1. The monoisotopic (exact) mass is 257 g/mol. The van der Waals surface area contributed by atoms with E-state index in [1.165, 1.54) is 57.8 Å². The van der Waals surface area contributed by atoms with E-state index in [1.54, 1.807) is 0 Å². The topological polar surface area (TPSA) is 41.5 Å². The highest BCUT2D eigenvalue weighted by atomic mass is 16.5. The van der Waals surface area contributed by atoms with E-state index in [2.05, 4.69) is 12.2 Å². The second kappa shape index (κ2) is 10.8. The molecule has 1 aliphatic rings. The first kappa shape index (κ1) is 15.9. The Labute approximate surface area is 112 Å². The molecule has 3 heteroatoms. The molecule has 0 saturated heterocycles. The van der Waals surface area contributed by atoms with Crippen LogP contribution in [-0.2, 0) is 4.74 Å². The molecule has 3 nitrogen and oxygen atoms in total. The van der Waals surface area contributed by atoms with Crippen molar-refractivity contribution >= 4 is 0 Å². The summed E-state index contributed by atoms with van der Waals surface area (Å²) in [5.74, 6) is 0. The molecule has 1 atom stereocenters. The zero-order chi connectivity index (χ0) is 13.1. The van der Waals surface area contributed by atoms with Crippen LogP contribution in [0.25, 0.3) is 0 Å². The van der Waals surface area contributed by atoms with Crippen LogP contribution in [0.3, 0.4) is 0 Å². The van der Waals surface area contributed by atoms with E-state index in [1.807, 2.05) is 0 Å². The maximum Gasteiger partial charge on any atom is 0.0897 e. The zero-order valence-electron chi connectivity index (χ0n) is 12.0. The van der Waals surface area contributed by atoms with E-state index in [0.717, 1.165) is 6.54 Å². The van der Waals surface area contributed by atoms with Gasteiger partial charge in [0, 0.05) is 6.54 Å². The highest BCUT2D eigenvalue weighted by Gasteiger charge is 2.15. The van der Waals surface area contributed by atoms with Gasteiger partial charge >= 0.3 is 0 Å². The van der Waals surface area contributed by atoms with Crippen LogP contribution in [0, 0.1) is 0 Å². The van der Waals surface area contributed by atoms with Crippen molar-refractivity contribution in [2.45, 2.75) is 76.9 Å². The Hall–Kier alpha value is -0.120. The molecular weight excluding hydrogens is 226 g/mol. The first-order chi connectivity index (χ1) is 8.83. The Balaban J connectivity index is 1.88. The van der Waals surface area contributed by atoms with E-state index in [4.69, 9.17) is 4.74 Å². The first-order valence-corrected chi connectivity index (χ1v) is 7.83. The van der Waals surface area contributed by atoms with Crippen molar-refractivity contribution in [1.29, 1.82) is 0 Å². The summed E-state index contributed by atoms with van der Waals surface area (Å²) in [6, 6.07) is 0. The maximum absolute atomic E-state index is 9.80. The summed E-state index contributed by atoms with van der Waals surface area (Å²) >= 11 is 0. The molecule has 0 radical (unpaired) electrons. The minimum absolute atomic E-state index is 0.349. The molecule has 1 aliphatic carbocycles. The minimum atomic E-state index is -0.349. The molecule has 0 amide bonds. The van der Waals surface area contributed by atoms with Crippen molar-refractivity contribution in [1.82, 2.24) is 5.32 Å². The van der Waals surface area contributed by atoms with E-state index in [9.17, 15) is 5.11 Å². The van der Waals surface area contributed by atoms with Gasteiger partial charge in [0.1, 0.15) is 0 Å². The van der Waals surface area contributed by atoms with Gasteiger partial charge in [-0.25, -0.2) is 0 Å². The fraction of sp³-hybridized carbons (Fsp3) is 1.00. The molecule has 0 aliphatic heterocycles. The molecule has 18 heavy (non-hydrogen) atoms. The second-order valence-corrected chi connectivity index (χ2v) is 5.51. The van der Waals surface area contributed by atoms with Crippen molar-refractivity contribution in [3.63, 3.8) is 0 Å². The van der Waals surface area contributed by atoms with Gasteiger partial charge in [0.05, 0.1) is 18.8 Å². The van der Waals surface area contributed by atoms with Gasteiger partial charge in [0.15, 0.2) is 0 Å². The van der Waals surface area contributed by atoms with Crippen LogP contribution in [0.1, 0.15) is 64.7 Å². The van der Waals surface area contributed by atoms with E-state index in [0.29, 0.717) is 19.3 Å². The minimum Gasteiger partial charge on any atom is -0.389 e. The highest BCUT2D eigenvalue weighted by Crippen LogP contribution is 2.20. The third-order valence-electron chi connectivity index (χ3n) is 3.66. The number of aliphatic hydroxyl groups excluding tert-OH is 1. The van der Waals surface area contributed by atoms with Crippen LogP contribution in [-0.4, -0.2) is 37.0 Å². The van der Waals surface area contributed by atoms with Crippen LogP contribution in [0.5, 0.6) is 0 Å². The predicted octanol–water partition coefficient (Wildman–Crippen LogP) is 2.87. The third-order valence-corrected chi connectivity index (χ3v) is 3.66. The lowest BCUT2D eigenvalue weighted by Crippen LogP contribution is -2.33. The number of unbranched alkanes of at least 4 members (excludes halogenated alkanes) is 3. The number of hydrogen-bond acceptors (Lipinski definition) is 3. The highest BCUT2D eigenvalue weighted by molar-refractivity contribution is 4.67. The normalized spacial score (nSPS) is 19.0. The van der Waals surface area contributed by atoms with E-state index in [-0.39, 0.29) is 6.10 Å². The van der Waals surface area contributed by atoms with Crippen LogP contribution >= 0.6 is 0 Å². The average molecular weight is 257 g/mol. The van der Waals surface area contributed by atoms with Gasteiger partial charge in [-0.15, -0.1) is 0 Å². The van der Waals surface area contributed by atoms with Crippen molar-refractivity contribution in [3.05, 3.63) is 0 Å². The Bertz CT molecular complexity index is 181. The molecule has 1 saturated carbocycles. The van der Waals surface area contributed by atoms with Gasteiger partial charge in [0.25, 0.3) is 0 Å². The van der Waals surface area contributed by atoms with Gasteiger partial charge in [0.2, 0.25) is 0 Å². The number of rotatable bonds is 10. The van der Waals surface area contributed by atoms with Gasteiger partial charge in [-0.05, 0) is 25.8 Å². The van der Waals surface area contributed by atoms with Crippen LogP contribution < -0.4 is 5.32 Å². The fourth-order valence-corrected chi connectivity index (χ4v) is 2.48. The molecule has 0 unspecified atom stereocenters.